The lowest BCUT2D eigenvalue weighted by Crippen LogP contribution is -2.27. The first-order valence-electron chi connectivity index (χ1n) is 6.00. The molecule has 3 nitrogen and oxygen atoms in total. The van der Waals surface area contributed by atoms with Gasteiger partial charge in [-0.1, -0.05) is 0 Å². The van der Waals surface area contributed by atoms with E-state index in [1.165, 1.54) is 6.26 Å². The van der Waals surface area contributed by atoms with Crippen molar-refractivity contribution in [2.24, 2.45) is 0 Å². The van der Waals surface area contributed by atoms with Gasteiger partial charge in [0.05, 0.1) is 23.4 Å². The van der Waals surface area contributed by atoms with Crippen LogP contribution in [0.15, 0.2) is 41.0 Å². The second-order valence-electron chi connectivity index (χ2n) is 4.40. The normalized spacial score (nSPS) is 13.0. The van der Waals surface area contributed by atoms with Crippen LogP contribution >= 0.6 is 0 Å². The molecule has 7 heteroatoms. The summed E-state index contributed by atoms with van der Waals surface area (Å²) >= 11 is 0. The van der Waals surface area contributed by atoms with E-state index in [1.54, 1.807) is 19.1 Å². The summed E-state index contributed by atoms with van der Waals surface area (Å²) in [5.74, 6) is -1.55. The largest absolute Gasteiger partial charge is 0.467 e. The maximum Gasteiger partial charge on any atom is 0.416 e. The Bertz CT molecular complexity index is 635. The van der Waals surface area contributed by atoms with Crippen molar-refractivity contribution in [3.63, 3.8) is 0 Å². The zero-order valence-corrected chi connectivity index (χ0v) is 10.9. The molecule has 0 saturated carbocycles. The Hall–Kier alpha value is -2.31. The predicted molar refractivity (Wildman–Crippen MR) is 66.0 cm³/mol. The van der Waals surface area contributed by atoms with Gasteiger partial charge in [0, 0.05) is 0 Å². The number of hydrogen-bond donors (Lipinski definition) is 1. The van der Waals surface area contributed by atoms with E-state index < -0.39 is 35.1 Å². The smallest absolute Gasteiger partial charge is 0.416 e. The molecule has 1 aromatic heterocycles. The highest BCUT2D eigenvalue weighted by Gasteiger charge is 2.32. The lowest BCUT2D eigenvalue weighted by molar-refractivity contribution is -0.137. The molecule has 0 bridgehead atoms. The minimum atomic E-state index is -4.64. The molecule has 1 heterocycles. The number of halogens is 4. The second-order valence-corrected chi connectivity index (χ2v) is 4.40. The minimum absolute atomic E-state index is 0.413. The summed E-state index contributed by atoms with van der Waals surface area (Å²) in [5.41, 5.74) is -1.75. The van der Waals surface area contributed by atoms with Crippen molar-refractivity contribution in [1.29, 1.82) is 0 Å². The number of nitrogens with one attached hydrogen (secondary N) is 1. The fourth-order valence-electron chi connectivity index (χ4n) is 1.76. The van der Waals surface area contributed by atoms with Gasteiger partial charge in [-0.2, -0.15) is 13.2 Å². The van der Waals surface area contributed by atoms with Gasteiger partial charge in [-0.15, -0.1) is 0 Å². The molecule has 0 radical (unpaired) electrons. The van der Waals surface area contributed by atoms with E-state index >= 15 is 0 Å². The first-order valence-corrected chi connectivity index (χ1v) is 6.00. The van der Waals surface area contributed by atoms with Crippen LogP contribution in [0.5, 0.6) is 0 Å². The van der Waals surface area contributed by atoms with Crippen LogP contribution in [0.2, 0.25) is 0 Å². The van der Waals surface area contributed by atoms with Crippen LogP contribution in [0.3, 0.4) is 0 Å². The summed E-state index contributed by atoms with van der Waals surface area (Å²) in [6.45, 7) is 1.57. The number of carbonyl (C=O) groups excluding carboxylic acids is 1. The van der Waals surface area contributed by atoms with E-state index in [9.17, 15) is 22.4 Å². The Balaban J connectivity index is 2.23. The van der Waals surface area contributed by atoms with E-state index in [2.05, 4.69) is 5.32 Å². The first kappa shape index (κ1) is 15.1. The van der Waals surface area contributed by atoms with E-state index in [-0.39, 0.29) is 0 Å². The number of carbonyl (C=O) groups is 1. The molecule has 2 rings (SSSR count). The van der Waals surface area contributed by atoms with Gasteiger partial charge < -0.3 is 9.73 Å². The molecule has 0 saturated heterocycles. The van der Waals surface area contributed by atoms with Crippen molar-refractivity contribution in [2.45, 2.75) is 19.1 Å². The van der Waals surface area contributed by atoms with Gasteiger partial charge in [-0.3, -0.25) is 4.79 Å². The summed E-state index contributed by atoms with van der Waals surface area (Å²) < 4.78 is 56.3. The van der Waals surface area contributed by atoms with Crippen LogP contribution in [0.1, 0.15) is 34.6 Å². The van der Waals surface area contributed by atoms with E-state index in [0.717, 1.165) is 0 Å². The third kappa shape index (κ3) is 3.42. The molecule has 1 N–H and O–H groups in total. The number of rotatable bonds is 3. The van der Waals surface area contributed by atoms with Crippen LogP contribution in [-0.2, 0) is 6.18 Å². The van der Waals surface area contributed by atoms with Crippen LogP contribution in [0.25, 0.3) is 0 Å². The summed E-state index contributed by atoms with van der Waals surface area (Å²) in [6.07, 6.45) is -3.25. The lowest BCUT2D eigenvalue weighted by atomic mass is 10.1. The van der Waals surface area contributed by atoms with Crippen LogP contribution in [0.4, 0.5) is 17.6 Å². The molecule has 112 valence electrons. The standard InChI is InChI=1S/C14H11F4NO2/c1-8(12-3-2-6-21-12)19-13(20)10-7-9(14(16,17)18)4-5-11(10)15/h2-8H,1H3,(H,19,20). The van der Waals surface area contributed by atoms with Gasteiger partial charge >= 0.3 is 6.18 Å². The maximum atomic E-state index is 13.5. The van der Waals surface area contributed by atoms with E-state index in [1.807, 2.05) is 0 Å². The fourth-order valence-corrected chi connectivity index (χ4v) is 1.76. The summed E-state index contributed by atoms with van der Waals surface area (Å²) in [7, 11) is 0. The third-order valence-corrected chi connectivity index (χ3v) is 2.86. The Morgan fingerprint density at radius 1 is 1.29 bits per heavy atom. The molecule has 2 aromatic rings. The highest BCUT2D eigenvalue weighted by atomic mass is 19.4. The number of alkyl halides is 3. The molecule has 0 aliphatic heterocycles. The Morgan fingerprint density at radius 3 is 2.57 bits per heavy atom. The molecule has 1 aromatic carbocycles. The Kier molecular flexibility index (Phi) is 4.02. The van der Waals surface area contributed by atoms with Gasteiger partial charge in [0.2, 0.25) is 0 Å². The maximum absolute atomic E-state index is 13.5. The summed E-state index contributed by atoms with van der Waals surface area (Å²) in [4.78, 5) is 11.9. The summed E-state index contributed by atoms with van der Waals surface area (Å²) in [6, 6.07) is 4.29. The van der Waals surface area contributed by atoms with Crippen LogP contribution in [0, 0.1) is 5.82 Å². The SMILES string of the molecule is CC(NC(=O)c1cc(C(F)(F)F)ccc1F)c1ccco1. The van der Waals surface area contributed by atoms with E-state index in [4.69, 9.17) is 4.42 Å². The Labute approximate surface area is 117 Å². The molecular formula is C14H11F4NO2. The fraction of sp³-hybridized carbons (Fsp3) is 0.214. The van der Waals surface area contributed by atoms with Crippen molar-refractivity contribution >= 4 is 5.91 Å². The molecule has 1 amide bonds. The number of furan rings is 1. The molecule has 0 aliphatic rings. The highest BCUT2D eigenvalue weighted by molar-refractivity contribution is 5.94. The number of amides is 1. The number of hydrogen-bond acceptors (Lipinski definition) is 2. The summed E-state index contributed by atoms with van der Waals surface area (Å²) in [5, 5.41) is 2.38. The highest BCUT2D eigenvalue weighted by Crippen LogP contribution is 2.30. The van der Waals surface area contributed by atoms with Crippen LogP contribution < -0.4 is 5.32 Å². The molecule has 1 unspecified atom stereocenters. The van der Waals surface area contributed by atoms with Gasteiger partial charge in [0.15, 0.2) is 0 Å². The van der Waals surface area contributed by atoms with Crippen molar-refractivity contribution < 1.29 is 26.8 Å². The van der Waals surface area contributed by atoms with Gasteiger partial charge in [-0.05, 0) is 37.3 Å². The quantitative estimate of drug-likeness (QED) is 0.873. The van der Waals surface area contributed by atoms with Crippen molar-refractivity contribution in [3.8, 4) is 0 Å². The molecule has 1 atom stereocenters. The topological polar surface area (TPSA) is 42.2 Å². The predicted octanol–water partition coefficient (Wildman–Crippen LogP) is 3.93. The van der Waals surface area contributed by atoms with Crippen LogP contribution in [-0.4, -0.2) is 5.91 Å². The lowest BCUT2D eigenvalue weighted by Gasteiger charge is -2.13. The average molecular weight is 301 g/mol. The van der Waals surface area contributed by atoms with Crippen molar-refractivity contribution in [2.75, 3.05) is 0 Å². The van der Waals surface area contributed by atoms with E-state index in [0.29, 0.717) is 24.0 Å². The minimum Gasteiger partial charge on any atom is -0.467 e. The van der Waals surface area contributed by atoms with Crippen molar-refractivity contribution in [3.05, 3.63) is 59.3 Å². The van der Waals surface area contributed by atoms with Crippen molar-refractivity contribution in [1.82, 2.24) is 5.32 Å². The zero-order valence-electron chi connectivity index (χ0n) is 10.9. The average Bonchev–Trinajstić information content (AvgIpc) is 2.91. The zero-order chi connectivity index (χ0) is 15.6. The second kappa shape index (κ2) is 5.59. The van der Waals surface area contributed by atoms with Gasteiger partial charge in [0.25, 0.3) is 5.91 Å². The molecular weight excluding hydrogens is 290 g/mol. The number of benzene rings is 1. The first-order chi connectivity index (χ1) is 9.79. The monoisotopic (exact) mass is 301 g/mol. The van der Waals surface area contributed by atoms with Gasteiger partial charge in [0.1, 0.15) is 11.6 Å². The molecule has 21 heavy (non-hydrogen) atoms. The van der Waals surface area contributed by atoms with Gasteiger partial charge in [-0.25, -0.2) is 4.39 Å². The molecule has 0 spiro atoms. The Morgan fingerprint density at radius 2 is 2.00 bits per heavy atom. The third-order valence-electron chi connectivity index (χ3n) is 2.86. The molecule has 0 fully saturated rings. The molecule has 0 aliphatic carbocycles.